The van der Waals surface area contributed by atoms with Crippen molar-refractivity contribution in [1.29, 1.82) is 0 Å². The third kappa shape index (κ3) is 4.66. The summed E-state index contributed by atoms with van der Waals surface area (Å²) in [6.07, 6.45) is 1.42. The summed E-state index contributed by atoms with van der Waals surface area (Å²) >= 11 is 6.69. The molecule has 4 rings (SSSR count). The fourth-order valence-electron chi connectivity index (χ4n) is 3.14. The van der Waals surface area contributed by atoms with Crippen molar-refractivity contribution < 1.29 is 28.8 Å². The van der Waals surface area contributed by atoms with Gasteiger partial charge in [-0.1, -0.05) is 35.9 Å². The predicted octanol–water partition coefficient (Wildman–Crippen LogP) is 4.11. The molecule has 0 aliphatic carbocycles. The lowest BCUT2D eigenvalue weighted by atomic mass is 10.1. The number of imide groups is 1. The Kier molecular flexibility index (Phi) is 6.03. The molecule has 1 aliphatic heterocycles. The minimum absolute atomic E-state index is 0.00674. The molecule has 2 aromatic carbocycles. The van der Waals surface area contributed by atoms with Crippen molar-refractivity contribution in [3.63, 3.8) is 0 Å². The second-order valence-corrected chi connectivity index (χ2v) is 8.28. The third-order valence-electron chi connectivity index (χ3n) is 4.71. The van der Waals surface area contributed by atoms with Crippen molar-refractivity contribution in [1.82, 2.24) is 4.90 Å². The summed E-state index contributed by atoms with van der Waals surface area (Å²) in [5, 5.41) is 21.4. The third-order valence-corrected chi connectivity index (χ3v) is 5.93. The largest absolute Gasteiger partial charge is 0.545 e. The number of carboxylic acids is 1. The van der Waals surface area contributed by atoms with Crippen LogP contribution in [0.25, 0.3) is 17.4 Å². The molecule has 2 amide bonds. The zero-order valence-electron chi connectivity index (χ0n) is 16.5. The number of hydrogen-bond acceptors (Lipinski definition) is 8. The number of nitro groups is 1. The number of benzene rings is 2. The topological polar surface area (TPSA) is 134 Å². The number of carboxylic acid groups (broad SMARTS) is 1. The van der Waals surface area contributed by atoms with Crippen LogP contribution < -0.4 is 5.11 Å². The van der Waals surface area contributed by atoms with E-state index in [1.54, 1.807) is 18.2 Å². The maximum Gasteiger partial charge on any atom is 0.293 e. The first kappa shape index (κ1) is 22.3. The molecule has 0 N–H and O–H groups in total. The highest BCUT2D eigenvalue weighted by Gasteiger charge is 2.35. The van der Waals surface area contributed by atoms with Crippen LogP contribution in [0.4, 0.5) is 10.5 Å². The van der Waals surface area contributed by atoms with Crippen LogP contribution in [-0.2, 0) is 11.3 Å². The Labute approximate surface area is 195 Å². The van der Waals surface area contributed by atoms with Crippen LogP contribution in [0.15, 0.2) is 63.9 Å². The van der Waals surface area contributed by atoms with E-state index in [-0.39, 0.29) is 27.7 Å². The minimum Gasteiger partial charge on any atom is -0.545 e. The molecular formula is C22H12ClN2O7S-. The molecule has 2 heterocycles. The lowest BCUT2D eigenvalue weighted by molar-refractivity contribution is -0.384. The van der Waals surface area contributed by atoms with Crippen LogP contribution in [0.5, 0.6) is 0 Å². The Balaban J connectivity index is 1.53. The molecule has 0 radical (unpaired) electrons. The van der Waals surface area contributed by atoms with E-state index >= 15 is 0 Å². The normalized spacial score (nSPS) is 14.8. The molecule has 0 atom stereocenters. The summed E-state index contributed by atoms with van der Waals surface area (Å²) in [6, 6.07) is 13.1. The average molecular weight is 484 g/mol. The van der Waals surface area contributed by atoms with Crippen LogP contribution in [-0.4, -0.2) is 26.9 Å². The summed E-state index contributed by atoms with van der Waals surface area (Å²) in [5.74, 6) is -1.27. The van der Waals surface area contributed by atoms with Crippen LogP contribution in [0.3, 0.4) is 0 Å². The number of rotatable bonds is 6. The lowest BCUT2D eigenvalue weighted by Crippen LogP contribution is -2.27. The Morgan fingerprint density at radius 3 is 2.64 bits per heavy atom. The molecular weight excluding hydrogens is 472 g/mol. The van der Waals surface area contributed by atoms with Gasteiger partial charge in [-0.25, -0.2) is 0 Å². The number of amides is 2. The molecule has 1 aromatic heterocycles. The fraction of sp³-hybridized carbons (Fsp3) is 0.0455. The molecule has 166 valence electrons. The average Bonchev–Trinajstić information content (AvgIpc) is 3.34. The molecule has 1 fully saturated rings. The molecule has 33 heavy (non-hydrogen) atoms. The maximum absolute atomic E-state index is 12.7. The molecule has 3 aromatic rings. The van der Waals surface area contributed by atoms with Gasteiger partial charge in [-0.2, -0.15) is 0 Å². The van der Waals surface area contributed by atoms with E-state index in [0.29, 0.717) is 22.6 Å². The van der Waals surface area contributed by atoms with E-state index in [2.05, 4.69) is 0 Å². The highest BCUT2D eigenvalue weighted by Crippen LogP contribution is 2.35. The van der Waals surface area contributed by atoms with Gasteiger partial charge in [0, 0.05) is 29.3 Å². The molecule has 0 saturated carbocycles. The minimum atomic E-state index is -1.40. The summed E-state index contributed by atoms with van der Waals surface area (Å²) in [4.78, 5) is 47.6. The number of aromatic carboxylic acids is 1. The predicted molar refractivity (Wildman–Crippen MR) is 118 cm³/mol. The van der Waals surface area contributed by atoms with Crippen molar-refractivity contribution in [3.8, 4) is 11.3 Å². The van der Waals surface area contributed by atoms with Gasteiger partial charge >= 0.3 is 0 Å². The summed E-state index contributed by atoms with van der Waals surface area (Å²) in [7, 11) is 0. The summed E-state index contributed by atoms with van der Waals surface area (Å²) < 4.78 is 5.70. The molecule has 9 nitrogen and oxygen atoms in total. The van der Waals surface area contributed by atoms with E-state index in [0.717, 1.165) is 16.7 Å². The second kappa shape index (κ2) is 8.93. The zero-order valence-corrected chi connectivity index (χ0v) is 18.1. The number of nitro benzene ring substituents is 1. The van der Waals surface area contributed by atoms with Gasteiger partial charge < -0.3 is 14.3 Å². The van der Waals surface area contributed by atoms with Crippen LogP contribution in [0.1, 0.15) is 21.7 Å². The van der Waals surface area contributed by atoms with Gasteiger partial charge in [-0.05, 0) is 35.5 Å². The van der Waals surface area contributed by atoms with Crippen LogP contribution in [0, 0.1) is 10.1 Å². The first-order valence-electron chi connectivity index (χ1n) is 9.33. The monoisotopic (exact) mass is 483 g/mol. The van der Waals surface area contributed by atoms with Gasteiger partial charge in [0.05, 0.1) is 27.4 Å². The Morgan fingerprint density at radius 2 is 1.94 bits per heavy atom. The summed E-state index contributed by atoms with van der Waals surface area (Å²) in [6.45, 7) is -0.101. The SMILES string of the molecule is O=C([O-])c1ccc(-c2ccc(/C=C3\SC(=O)N(Cc4cccc([N+](=O)[O-])c4)C3=O)o2)cc1Cl. The highest BCUT2D eigenvalue weighted by atomic mass is 35.5. The smallest absolute Gasteiger partial charge is 0.293 e. The van der Waals surface area contributed by atoms with Crippen LogP contribution in [0.2, 0.25) is 5.02 Å². The number of carbonyl (C=O) groups excluding carboxylic acids is 3. The highest BCUT2D eigenvalue weighted by molar-refractivity contribution is 8.18. The number of hydrogen-bond donors (Lipinski definition) is 0. The number of carbonyl (C=O) groups is 3. The van der Waals surface area contributed by atoms with Gasteiger partial charge in [0.15, 0.2) is 0 Å². The first-order valence-corrected chi connectivity index (χ1v) is 10.5. The Morgan fingerprint density at radius 1 is 1.15 bits per heavy atom. The Hall–Kier alpha value is -3.89. The molecule has 0 unspecified atom stereocenters. The van der Waals surface area contributed by atoms with Crippen molar-refractivity contribution in [2.24, 2.45) is 0 Å². The number of non-ortho nitro benzene ring substituents is 1. The molecule has 1 saturated heterocycles. The van der Waals surface area contributed by atoms with E-state index in [1.165, 1.54) is 42.5 Å². The van der Waals surface area contributed by atoms with Gasteiger partial charge in [0.25, 0.3) is 16.8 Å². The number of nitrogens with zero attached hydrogens (tertiary/aromatic N) is 2. The van der Waals surface area contributed by atoms with Gasteiger partial charge in [-0.3, -0.25) is 24.6 Å². The van der Waals surface area contributed by atoms with Crippen molar-refractivity contribution in [2.45, 2.75) is 6.54 Å². The van der Waals surface area contributed by atoms with Gasteiger partial charge in [-0.15, -0.1) is 0 Å². The lowest BCUT2D eigenvalue weighted by Gasteiger charge is -2.12. The molecule has 1 aliphatic rings. The molecule has 0 bridgehead atoms. The zero-order chi connectivity index (χ0) is 23.7. The maximum atomic E-state index is 12.7. The van der Waals surface area contributed by atoms with E-state index < -0.39 is 22.0 Å². The van der Waals surface area contributed by atoms with Crippen molar-refractivity contribution in [2.75, 3.05) is 0 Å². The van der Waals surface area contributed by atoms with Gasteiger partial charge in [0.2, 0.25) is 0 Å². The van der Waals surface area contributed by atoms with E-state index in [4.69, 9.17) is 16.0 Å². The van der Waals surface area contributed by atoms with Gasteiger partial charge in [0.1, 0.15) is 11.5 Å². The molecule has 11 heteroatoms. The number of halogens is 1. The second-order valence-electron chi connectivity index (χ2n) is 6.88. The Bertz CT molecular complexity index is 1350. The quantitative estimate of drug-likeness (QED) is 0.290. The fourth-order valence-corrected chi connectivity index (χ4v) is 4.21. The van der Waals surface area contributed by atoms with Crippen LogP contribution >= 0.6 is 23.4 Å². The number of furan rings is 1. The number of thioether (sulfide) groups is 1. The first-order chi connectivity index (χ1) is 15.7. The van der Waals surface area contributed by atoms with E-state index in [9.17, 15) is 29.6 Å². The van der Waals surface area contributed by atoms with E-state index in [1.807, 2.05) is 0 Å². The standard InChI is InChI=1S/C22H13ClN2O7S/c23-17-9-13(4-6-16(17)21(27)28)18-7-5-15(32-18)10-19-20(26)24(22(29)33-19)11-12-2-1-3-14(8-12)25(30)31/h1-10H,11H2,(H,27,28)/p-1/b19-10-. The summed E-state index contributed by atoms with van der Waals surface area (Å²) in [5.41, 5.74) is 0.684. The van der Waals surface area contributed by atoms with Crippen molar-refractivity contribution >= 4 is 52.2 Å². The van der Waals surface area contributed by atoms with Crippen molar-refractivity contribution in [3.05, 3.63) is 91.5 Å². The molecule has 0 spiro atoms.